The van der Waals surface area contributed by atoms with Gasteiger partial charge in [-0.3, -0.25) is 14.5 Å². The van der Waals surface area contributed by atoms with Crippen LogP contribution in [-0.2, 0) is 0 Å². The third-order valence-corrected chi connectivity index (χ3v) is 4.57. The van der Waals surface area contributed by atoms with Crippen LogP contribution in [0.4, 0.5) is 0 Å². The molecular weight excluding hydrogens is 266 g/mol. The van der Waals surface area contributed by atoms with Crippen molar-refractivity contribution in [2.24, 2.45) is 11.7 Å². The number of carbonyl (C=O) groups is 2. The normalized spacial score (nSPS) is 26.3. The highest BCUT2D eigenvalue weighted by molar-refractivity contribution is 6.21. The first-order chi connectivity index (χ1) is 10.1. The van der Waals surface area contributed by atoms with Gasteiger partial charge in [-0.2, -0.15) is 0 Å². The van der Waals surface area contributed by atoms with Crippen molar-refractivity contribution in [3.8, 4) is 0 Å². The summed E-state index contributed by atoms with van der Waals surface area (Å²) in [5.41, 5.74) is 7.06. The number of amides is 2. The molecule has 1 saturated heterocycles. The van der Waals surface area contributed by atoms with Crippen molar-refractivity contribution in [3.63, 3.8) is 0 Å². The molecule has 0 aromatic heterocycles. The van der Waals surface area contributed by atoms with Gasteiger partial charge in [-0.05, 0) is 31.0 Å². The standard InChI is InChI=1S/C16H21N3O2/c1-11-10-18(7-6-14(11)17)8-9-19-15(20)12-4-2-3-5-13(12)16(19)21/h2-5,11,14H,6-10,17H2,1H3. The number of nitrogens with zero attached hydrogens (tertiary/aromatic N) is 2. The number of hydrogen-bond acceptors (Lipinski definition) is 4. The second kappa shape index (κ2) is 5.58. The zero-order valence-corrected chi connectivity index (χ0v) is 12.3. The minimum Gasteiger partial charge on any atom is -0.327 e. The van der Waals surface area contributed by atoms with Gasteiger partial charge in [0.2, 0.25) is 0 Å². The fourth-order valence-corrected chi connectivity index (χ4v) is 3.14. The van der Waals surface area contributed by atoms with E-state index in [1.807, 2.05) is 0 Å². The molecule has 0 bridgehead atoms. The molecule has 21 heavy (non-hydrogen) atoms. The molecule has 2 aliphatic rings. The van der Waals surface area contributed by atoms with E-state index in [2.05, 4.69) is 11.8 Å². The Balaban J connectivity index is 1.62. The van der Waals surface area contributed by atoms with E-state index in [1.165, 1.54) is 4.90 Å². The van der Waals surface area contributed by atoms with Crippen molar-refractivity contribution < 1.29 is 9.59 Å². The largest absolute Gasteiger partial charge is 0.327 e. The van der Waals surface area contributed by atoms with E-state index in [-0.39, 0.29) is 17.9 Å². The van der Waals surface area contributed by atoms with Crippen LogP contribution in [0, 0.1) is 5.92 Å². The maximum Gasteiger partial charge on any atom is 0.261 e. The predicted molar refractivity (Wildman–Crippen MR) is 80.0 cm³/mol. The summed E-state index contributed by atoms with van der Waals surface area (Å²) in [6.07, 6.45) is 0.975. The number of carbonyl (C=O) groups excluding carboxylic acids is 2. The summed E-state index contributed by atoms with van der Waals surface area (Å²) in [6, 6.07) is 7.29. The lowest BCUT2D eigenvalue weighted by molar-refractivity contribution is 0.0621. The Labute approximate surface area is 124 Å². The second-order valence-corrected chi connectivity index (χ2v) is 6.04. The average molecular weight is 287 g/mol. The number of fused-ring (bicyclic) bond motifs is 1. The van der Waals surface area contributed by atoms with E-state index in [9.17, 15) is 9.59 Å². The SMILES string of the molecule is CC1CN(CCN2C(=O)c3ccccc3C2=O)CCC1N. The molecule has 2 atom stereocenters. The molecule has 3 rings (SSSR count). The van der Waals surface area contributed by atoms with Gasteiger partial charge in [-0.25, -0.2) is 0 Å². The van der Waals surface area contributed by atoms with Crippen molar-refractivity contribution in [1.29, 1.82) is 0 Å². The van der Waals surface area contributed by atoms with Gasteiger partial charge in [0.25, 0.3) is 11.8 Å². The van der Waals surface area contributed by atoms with Gasteiger partial charge in [0.1, 0.15) is 0 Å². The fourth-order valence-electron chi connectivity index (χ4n) is 3.14. The van der Waals surface area contributed by atoms with Crippen LogP contribution < -0.4 is 5.73 Å². The Morgan fingerprint density at radius 1 is 1.14 bits per heavy atom. The summed E-state index contributed by atoms with van der Waals surface area (Å²) in [5, 5.41) is 0. The molecule has 5 nitrogen and oxygen atoms in total. The number of piperidine rings is 1. The van der Waals surface area contributed by atoms with E-state index >= 15 is 0 Å². The molecule has 1 fully saturated rings. The van der Waals surface area contributed by atoms with Crippen LogP contribution in [0.15, 0.2) is 24.3 Å². The first kappa shape index (κ1) is 14.2. The number of imide groups is 1. The number of benzene rings is 1. The summed E-state index contributed by atoms with van der Waals surface area (Å²) < 4.78 is 0. The molecule has 0 spiro atoms. The highest BCUT2D eigenvalue weighted by Crippen LogP contribution is 2.22. The third-order valence-electron chi connectivity index (χ3n) is 4.57. The van der Waals surface area contributed by atoms with Gasteiger partial charge >= 0.3 is 0 Å². The van der Waals surface area contributed by atoms with E-state index in [1.54, 1.807) is 24.3 Å². The van der Waals surface area contributed by atoms with Crippen molar-refractivity contribution >= 4 is 11.8 Å². The highest BCUT2D eigenvalue weighted by atomic mass is 16.2. The molecule has 2 heterocycles. The van der Waals surface area contributed by atoms with E-state index in [0.29, 0.717) is 23.6 Å². The van der Waals surface area contributed by atoms with Crippen molar-refractivity contribution in [1.82, 2.24) is 9.80 Å². The van der Waals surface area contributed by atoms with Crippen LogP contribution in [0.3, 0.4) is 0 Å². The molecule has 5 heteroatoms. The molecule has 2 amide bonds. The molecule has 0 aliphatic carbocycles. The first-order valence-corrected chi connectivity index (χ1v) is 7.51. The zero-order chi connectivity index (χ0) is 15.0. The van der Waals surface area contributed by atoms with Crippen LogP contribution in [0.2, 0.25) is 0 Å². The molecule has 0 radical (unpaired) electrons. The van der Waals surface area contributed by atoms with Gasteiger partial charge in [0.15, 0.2) is 0 Å². The molecule has 112 valence electrons. The van der Waals surface area contributed by atoms with E-state index in [4.69, 9.17) is 5.73 Å². The Kier molecular flexibility index (Phi) is 3.78. The Morgan fingerprint density at radius 3 is 2.33 bits per heavy atom. The Hall–Kier alpha value is -1.72. The van der Waals surface area contributed by atoms with Crippen molar-refractivity contribution in [3.05, 3.63) is 35.4 Å². The minimum atomic E-state index is -0.169. The second-order valence-electron chi connectivity index (χ2n) is 6.04. The smallest absolute Gasteiger partial charge is 0.261 e. The van der Waals surface area contributed by atoms with Crippen LogP contribution >= 0.6 is 0 Å². The van der Waals surface area contributed by atoms with E-state index < -0.39 is 0 Å². The number of rotatable bonds is 3. The molecule has 0 saturated carbocycles. The fraction of sp³-hybridized carbons (Fsp3) is 0.500. The molecule has 2 unspecified atom stereocenters. The van der Waals surface area contributed by atoms with Crippen LogP contribution in [-0.4, -0.2) is 53.8 Å². The summed E-state index contributed by atoms with van der Waals surface area (Å²) in [6.45, 7) is 5.20. The molecule has 1 aromatic carbocycles. The van der Waals surface area contributed by atoms with Crippen LogP contribution in [0.5, 0.6) is 0 Å². The summed E-state index contributed by atoms with van der Waals surface area (Å²) >= 11 is 0. The Morgan fingerprint density at radius 2 is 1.76 bits per heavy atom. The van der Waals surface area contributed by atoms with Crippen LogP contribution in [0.1, 0.15) is 34.1 Å². The minimum absolute atomic E-state index is 0.169. The highest BCUT2D eigenvalue weighted by Gasteiger charge is 2.35. The van der Waals surface area contributed by atoms with Crippen molar-refractivity contribution in [2.75, 3.05) is 26.2 Å². The summed E-state index contributed by atoms with van der Waals surface area (Å²) in [4.78, 5) is 28.2. The maximum atomic E-state index is 12.3. The zero-order valence-electron chi connectivity index (χ0n) is 12.3. The molecule has 2 N–H and O–H groups in total. The summed E-state index contributed by atoms with van der Waals surface area (Å²) in [7, 11) is 0. The third kappa shape index (κ3) is 2.59. The summed E-state index contributed by atoms with van der Waals surface area (Å²) in [5.74, 6) is 0.121. The van der Waals surface area contributed by atoms with Gasteiger partial charge in [0.05, 0.1) is 11.1 Å². The average Bonchev–Trinajstić information content (AvgIpc) is 2.73. The number of nitrogens with two attached hydrogens (primary N) is 1. The van der Waals surface area contributed by atoms with Gasteiger partial charge < -0.3 is 10.6 Å². The van der Waals surface area contributed by atoms with Crippen LogP contribution in [0.25, 0.3) is 0 Å². The lowest BCUT2D eigenvalue weighted by Gasteiger charge is -2.35. The molecule has 2 aliphatic heterocycles. The predicted octanol–water partition coefficient (Wildman–Crippen LogP) is 0.952. The monoisotopic (exact) mass is 287 g/mol. The molecule has 1 aromatic rings. The number of likely N-dealkylation sites (tertiary alicyclic amines) is 1. The topological polar surface area (TPSA) is 66.6 Å². The van der Waals surface area contributed by atoms with E-state index in [0.717, 1.165) is 26.1 Å². The number of hydrogen-bond donors (Lipinski definition) is 1. The quantitative estimate of drug-likeness (QED) is 0.841. The van der Waals surface area contributed by atoms with Crippen molar-refractivity contribution in [2.45, 2.75) is 19.4 Å². The molecular formula is C16H21N3O2. The lowest BCUT2D eigenvalue weighted by Crippen LogP contribution is -2.48. The first-order valence-electron chi connectivity index (χ1n) is 7.51. The maximum absolute atomic E-state index is 12.3. The Bertz CT molecular complexity index is 537. The van der Waals surface area contributed by atoms with Gasteiger partial charge in [-0.15, -0.1) is 0 Å². The van der Waals surface area contributed by atoms with Gasteiger partial charge in [0, 0.05) is 25.7 Å². The lowest BCUT2D eigenvalue weighted by atomic mass is 9.95. The van der Waals surface area contributed by atoms with Gasteiger partial charge in [-0.1, -0.05) is 19.1 Å².